The molecule has 0 aromatic carbocycles. The quantitative estimate of drug-likeness (QED) is 0.725. The molecule has 4 heteroatoms. The molecule has 0 aliphatic carbocycles. The molecule has 0 aliphatic heterocycles. The van der Waals surface area contributed by atoms with Gasteiger partial charge in [-0.15, -0.1) is 0 Å². The van der Waals surface area contributed by atoms with Gasteiger partial charge < -0.3 is 0 Å². The molecule has 0 amide bonds. The summed E-state index contributed by atoms with van der Waals surface area (Å²) in [5.41, 5.74) is 2.16. The van der Waals surface area contributed by atoms with Gasteiger partial charge in [0.2, 0.25) is 0 Å². The van der Waals surface area contributed by atoms with Gasteiger partial charge >= 0.3 is 0 Å². The fraction of sp³-hybridized carbons (Fsp3) is 0.643. The van der Waals surface area contributed by atoms with E-state index in [0.29, 0.717) is 5.59 Å². The Morgan fingerprint density at radius 1 is 1.00 bits per heavy atom. The van der Waals surface area contributed by atoms with Gasteiger partial charge in [-0.1, -0.05) is 48.5 Å². The summed E-state index contributed by atoms with van der Waals surface area (Å²) in [6, 6.07) is 4.01. The van der Waals surface area contributed by atoms with Crippen molar-refractivity contribution in [1.82, 2.24) is 4.98 Å². The van der Waals surface area contributed by atoms with Crippen molar-refractivity contribution in [2.75, 3.05) is 0 Å². The Morgan fingerprint density at radius 3 is 1.78 bits per heavy atom. The van der Waals surface area contributed by atoms with Crippen LogP contribution in [0.1, 0.15) is 54.0 Å². The summed E-state index contributed by atoms with van der Waals surface area (Å²) in [4.78, 5) is 4.01. The molecule has 0 unspecified atom stereocenters. The number of nitrogens with zero attached hydrogens (tertiary/aromatic N) is 1. The molecule has 1 heterocycles. The second-order valence-electron chi connectivity index (χ2n) is 5.34. The molecule has 1 rings (SSSR count). The van der Waals surface area contributed by atoms with Crippen molar-refractivity contribution >= 4 is 13.4 Å². The third kappa shape index (κ3) is 6.02. The van der Waals surface area contributed by atoms with Crippen molar-refractivity contribution in [1.29, 1.82) is 0 Å². The molecule has 18 heavy (non-hydrogen) atoms. The first kappa shape index (κ1) is 23.5. The number of aromatic nitrogens is 1. The predicted octanol–water partition coefficient (Wildman–Crippen LogP) is 3.22. The summed E-state index contributed by atoms with van der Waals surface area (Å²) < 4.78 is 0. The van der Waals surface area contributed by atoms with Gasteiger partial charge in [0.15, 0.2) is 0 Å². The first-order valence-corrected chi connectivity index (χ1v) is 5.97. The van der Waals surface area contributed by atoms with Crippen LogP contribution in [0.3, 0.4) is 0 Å². The summed E-state index contributed by atoms with van der Waals surface area (Å²) in [5.74, 6) is 0. The fourth-order valence-electron chi connectivity index (χ4n) is 1.27. The van der Waals surface area contributed by atoms with Crippen LogP contribution in [-0.2, 0) is 42.5 Å². The fourth-order valence-corrected chi connectivity index (χ4v) is 1.27. The van der Waals surface area contributed by atoms with Crippen molar-refractivity contribution in [2.24, 2.45) is 5.41 Å². The van der Waals surface area contributed by atoms with Crippen molar-refractivity contribution in [3.05, 3.63) is 23.9 Å². The van der Waals surface area contributed by atoms with Crippen LogP contribution in [0.2, 0.25) is 0 Å². The van der Waals surface area contributed by atoms with Gasteiger partial charge in [0, 0.05) is 43.3 Å². The van der Waals surface area contributed by atoms with Gasteiger partial charge in [-0.25, -0.2) is 0 Å². The Kier molecular flexibility index (Phi) is 12.1. The molecule has 4 radical (unpaired) electrons. The summed E-state index contributed by atoms with van der Waals surface area (Å²) >= 11 is 0. The SMILES string of the molecule is CC.[B]c1cc(C(C)(C)C(C)(C)C)ccn1.[V].[V]. The minimum absolute atomic E-state index is 0. The van der Waals surface area contributed by atoms with Crippen LogP contribution < -0.4 is 5.59 Å². The van der Waals surface area contributed by atoms with E-state index in [-0.39, 0.29) is 47.9 Å². The van der Waals surface area contributed by atoms with Crippen molar-refractivity contribution in [3.8, 4) is 0 Å². The number of pyridine rings is 1. The van der Waals surface area contributed by atoms with E-state index in [0.717, 1.165) is 0 Å². The Balaban J connectivity index is -0.000000534. The van der Waals surface area contributed by atoms with E-state index >= 15 is 0 Å². The monoisotopic (exact) mass is 319 g/mol. The molecule has 1 nitrogen and oxygen atoms in total. The van der Waals surface area contributed by atoms with E-state index in [1.165, 1.54) is 5.56 Å². The molecule has 0 saturated carbocycles. The van der Waals surface area contributed by atoms with Crippen molar-refractivity contribution < 1.29 is 37.1 Å². The zero-order valence-electron chi connectivity index (χ0n) is 12.7. The largest absolute Gasteiger partial charge is 0.273 e. The van der Waals surface area contributed by atoms with E-state index in [1.54, 1.807) is 6.20 Å². The van der Waals surface area contributed by atoms with Crippen LogP contribution in [0.15, 0.2) is 18.3 Å². The molecular weight excluding hydrogens is 295 g/mol. The van der Waals surface area contributed by atoms with Gasteiger partial charge in [-0.3, -0.25) is 4.98 Å². The topological polar surface area (TPSA) is 12.9 Å². The number of hydrogen-bond acceptors (Lipinski definition) is 1. The zero-order chi connectivity index (χ0) is 13.0. The molecule has 1 aromatic heterocycles. The Bertz CT molecular complexity index is 333. The average Bonchev–Trinajstić information content (AvgIpc) is 2.19. The molecule has 0 saturated heterocycles. The molecule has 0 spiro atoms. The standard InChI is InChI=1S/C12H18BN.C2H6.2V/c1-11(2,3)12(4,5)9-6-7-14-10(13)8-9;1-2;;/h6-8H,1-5H3;1-2H3;;. The maximum Gasteiger partial charge on any atom is 0.141 e. The van der Waals surface area contributed by atoms with Crippen LogP contribution in [0.4, 0.5) is 0 Å². The van der Waals surface area contributed by atoms with E-state index in [1.807, 2.05) is 26.0 Å². The van der Waals surface area contributed by atoms with E-state index in [9.17, 15) is 0 Å². The molecule has 0 atom stereocenters. The van der Waals surface area contributed by atoms with Crippen LogP contribution in [-0.4, -0.2) is 12.8 Å². The Hall–Kier alpha value is 0.384. The summed E-state index contributed by atoms with van der Waals surface area (Å²) in [7, 11) is 5.69. The predicted molar refractivity (Wildman–Crippen MR) is 73.5 cm³/mol. The van der Waals surface area contributed by atoms with Crippen LogP contribution in [0.5, 0.6) is 0 Å². The summed E-state index contributed by atoms with van der Waals surface area (Å²) in [6.07, 6.45) is 1.78. The average molecular weight is 319 g/mol. The number of hydrogen-bond donors (Lipinski definition) is 0. The Labute approximate surface area is 138 Å². The molecule has 0 bridgehead atoms. The Morgan fingerprint density at radius 2 is 1.44 bits per heavy atom. The van der Waals surface area contributed by atoms with Gasteiger partial charge in [0.05, 0.1) is 0 Å². The molecule has 0 N–H and O–H groups in total. The van der Waals surface area contributed by atoms with Crippen molar-refractivity contribution in [2.45, 2.75) is 53.9 Å². The maximum atomic E-state index is 5.69. The normalized spacial score (nSPS) is 10.4. The van der Waals surface area contributed by atoms with Crippen LogP contribution >= 0.6 is 0 Å². The molecule has 98 valence electrons. The second kappa shape index (κ2) is 9.31. The zero-order valence-corrected chi connectivity index (χ0v) is 15.4. The minimum atomic E-state index is 0. The van der Waals surface area contributed by atoms with Crippen LogP contribution in [0.25, 0.3) is 0 Å². The first-order valence-electron chi connectivity index (χ1n) is 5.97. The molecular formula is C14H24BNV2. The molecule has 0 aliphatic rings. The summed E-state index contributed by atoms with van der Waals surface area (Å²) in [5, 5.41) is 0. The molecule has 0 fully saturated rings. The third-order valence-electron chi connectivity index (χ3n) is 3.38. The van der Waals surface area contributed by atoms with Gasteiger partial charge in [0.1, 0.15) is 7.85 Å². The van der Waals surface area contributed by atoms with Gasteiger partial charge in [-0.2, -0.15) is 0 Å². The van der Waals surface area contributed by atoms with Gasteiger partial charge in [-0.05, 0) is 34.1 Å². The minimum Gasteiger partial charge on any atom is -0.273 e. The third-order valence-corrected chi connectivity index (χ3v) is 3.38. The molecule has 1 aromatic rings. The summed E-state index contributed by atoms with van der Waals surface area (Å²) in [6.45, 7) is 15.2. The second-order valence-corrected chi connectivity index (χ2v) is 5.34. The first-order chi connectivity index (χ1) is 7.25. The number of rotatable bonds is 1. The van der Waals surface area contributed by atoms with E-state index in [2.05, 4.69) is 39.6 Å². The van der Waals surface area contributed by atoms with E-state index < -0.39 is 0 Å². The van der Waals surface area contributed by atoms with Gasteiger partial charge in [0.25, 0.3) is 0 Å². The van der Waals surface area contributed by atoms with Crippen molar-refractivity contribution in [3.63, 3.8) is 0 Å². The van der Waals surface area contributed by atoms with Crippen LogP contribution in [0, 0.1) is 5.41 Å². The van der Waals surface area contributed by atoms with E-state index in [4.69, 9.17) is 7.85 Å². The smallest absolute Gasteiger partial charge is 0.141 e. The maximum absolute atomic E-state index is 5.69.